The molecule has 0 aromatic carbocycles. The summed E-state index contributed by atoms with van der Waals surface area (Å²) in [6.07, 6.45) is 1.68. The van der Waals surface area contributed by atoms with Crippen LogP contribution in [0.25, 0.3) is 0 Å². The minimum absolute atomic E-state index is 0.252. The van der Waals surface area contributed by atoms with E-state index >= 15 is 0 Å². The lowest BCUT2D eigenvalue weighted by molar-refractivity contribution is -0.224. The van der Waals surface area contributed by atoms with E-state index in [4.69, 9.17) is 16.7 Å². The van der Waals surface area contributed by atoms with E-state index in [1.165, 1.54) is 0 Å². The molecule has 5 nitrogen and oxygen atoms in total. The summed E-state index contributed by atoms with van der Waals surface area (Å²) in [5.41, 5.74) is 10.7. The number of hydrogen-bond donors (Lipinski definition) is 3. The molecule has 0 rings (SSSR count). The summed E-state index contributed by atoms with van der Waals surface area (Å²) >= 11 is 0. The topological polar surface area (TPSA) is 84.7 Å². The third kappa shape index (κ3) is 5.46. The average Bonchev–Trinajstić information content (AvgIpc) is 2.17. The lowest BCUT2D eigenvalue weighted by atomic mass is 10.3. The first-order valence-electron chi connectivity index (χ1n) is 4.41. The molecule has 78 valence electrons. The van der Waals surface area contributed by atoms with Crippen molar-refractivity contribution < 1.29 is 10.1 Å². The zero-order chi connectivity index (χ0) is 10.1. The monoisotopic (exact) mass is 189 g/mol. The molecule has 0 unspecified atom stereocenters. The first-order chi connectivity index (χ1) is 6.26. The van der Waals surface area contributed by atoms with Gasteiger partial charge in [0.05, 0.1) is 0 Å². The maximum absolute atomic E-state index is 8.40. The smallest absolute Gasteiger partial charge is 0.225 e. The molecule has 0 spiro atoms. The van der Waals surface area contributed by atoms with Crippen molar-refractivity contribution in [3.63, 3.8) is 0 Å². The van der Waals surface area contributed by atoms with Gasteiger partial charge in [0.25, 0.3) is 0 Å². The van der Waals surface area contributed by atoms with E-state index in [0.29, 0.717) is 13.1 Å². The van der Waals surface area contributed by atoms with Crippen LogP contribution in [0.1, 0.15) is 12.8 Å². The highest BCUT2D eigenvalue weighted by molar-refractivity contribution is 4.81. The van der Waals surface area contributed by atoms with Crippen molar-refractivity contribution in [2.45, 2.75) is 12.8 Å². The molecule has 0 saturated carbocycles. The van der Waals surface area contributed by atoms with Crippen molar-refractivity contribution in [3.8, 4) is 0 Å². The maximum Gasteiger partial charge on any atom is 0.225 e. The van der Waals surface area contributed by atoms with Crippen LogP contribution in [0, 0.1) is 0 Å². The van der Waals surface area contributed by atoms with Gasteiger partial charge in [-0.25, -0.2) is 5.26 Å². The number of rotatable bonds is 8. The Hall–Kier alpha value is -0.780. The Balaban J connectivity index is 3.79. The van der Waals surface area contributed by atoms with Crippen LogP contribution in [-0.4, -0.2) is 36.3 Å². The summed E-state index contributed by atoms with van der Waals surface area (Å²) in [7, 11) is 0. The lowest BCUT2D eigenvalue weighted by Crippen LogP contribution is -2.28. The van der Waals surface area contributed by atoms with Crippen molar-refractivity contribution in [2.24, 2.45) is 11.5 Å². The number of nitrogens with zero attached hydrogens (tertiary/aromatic N) is 1. The van der Waals surface area contributed by atoms with E-state index in [1.807, 2.05) is 4.90 Å². The fourth-order valence-corrected chi connectivity index (χ4v) is 0.983. The van der Waals surface area contributed by atoms with E-state index in [1.54, 1.807) is 0 Å². The van der Waals surface area contributed by atoms with E-state index in [9.17, 15) is 0 Å². The van der Waals surface area contributed by atoms with Crippen LogP contribution in [-0.2, 0) is 4.89 Å². The van der Waals surface area contributed by atoms with Crippen LogP contribution in [0.5, 0.6) is 0 Å². The molecule has 0 amide bonds. The van der Waals surface area contributed by atoms with Gasteiger partial charge in [-0.15, -0.1) is 0 Å². The van der Waals surface area contributed by atoms with E-state index in [0.717, 1.165) is 25.9 Å². The molecule has 0 saturated heterocycles. The van der Waals surface area contributed by atoms with Gasteiger partial charge in [-0.2, -0.15) is 0 Å². The van der Waals surface area contributed by atoms with Crippen molar-refractivity contribution in [1.29, 1.82) is 0 Å². The van der Waals surface area contributed by atoms with Gasteiger partial charge in [-0.3, -0.25) is 0 Å². The molecular weight excluding hydrogens is 170 g/mol. The number of nitrogens with two attached hydrogens (primary N) is 2. The van der Waals surface area contributed by atoms with Crippen molar-refractivity contribution in [3.05, 3.63) is 12.5 Å². The molecule has 0 aromatic rings. The SMILES string of the molecule is C=C(OO)N(CCCN)CCCN. The second-order valence-electron chi connectivity index (χ2n) is 2.76. The van der Waals surface area contributed by atoms with Gasteiger partial charge in [-0.05, 0) is 32.5 Å². The van der Waals surface area contributed by atoms with E-state index in [2.05, 4.69) is 11.5 Å². The van der Waals surface area contributed by atoms with E-state index < -0.39 is 0 Å². The molecule has 0 bridgehead atoms. The van der Waals surface area contributed by atoms with Crippen LogP contribution in [0.2, 0.25) is 0 Å². The second-order valence-corrected chi connectivity index (χ2v) is 2.76. The first-order valence-corrected chi connectivity index (χ1v) is 4.41. The third-order valence-electron chi connectivity index (χ3n) is 1.72. The van der Waals surface area contributed by atoms with Gasteiger partial charge in [0.1, 0.15) is 0 Å². The van der Waals surface area contributed by atoms with Gasteiger partial charge in [0, 0.05) is 13.1 Å². The van der Waals surface area contributed by atoms with Gasteiger partial charge in [0.2, 0.25) is 5.88 Å². The lowest BCUT2D eigenvalue weighted by Gasteiger charge is -2.23. The molecule has 0 aromatic heterocycles. The van der Waals surface area contributed by atoms with Gasteiger partial charge in [0.15, 0.2) is 0 Å². The number of hydrogen-bond acceptors (Lipinski definition) is 5. The molecule has 0 fully saturated rings. The Morgan fingerprint density at radius 3 is 2.00 bits per heavy atom. The molecule has 0 aliphatic rings. The van der Waals surface area contributed by atoms with E-state index in [-0.39, 0.29) is 5.88 Å². The Morgan fingerprint density at radius 2 is 1.69 bits per heavy atom. The third-order valence-corrected chi connectivity index (χ3v) is 1.72. The summed E-state index contributed by atoms with van der Waals surface area (Å²) < 4.78 is 0. The average molecular weight is 189 g/mol. The Morgan fingerprint density at radius 1 is 1.23 bits per heavy atom. The zero-order valence-corrected chi connectivity index (χ0v) is 7.91. The molecule has 13 heavy (non-hydrogen) atoms. The Bertz CT molecular complexity index is 133. The minimum Gasteiger partial charge on any atom is -0.341 e. The molecule has 5 heteroatoms. The highest BCUT2D eigenvalue weighted by Gasteiger charge is 2.07. The fraction of sp³-hybridized carbons (Fsp3) is 0.750. The highest BCUT2D eigenvalue weighted by Crippen LogP contribution is 2.03. The fourth-order valence-electron chi connectivity index (χ4n) is 0.983. The second kappa shape index (κ2) is 7.85. The molecule has 0 radical (unpaired) electrons. The minimum atomic E-state index is 0.252. The summed E-state index contributed by atoms with van der Waals surface area (Å²) in [5, 5.41) is 8.40. The summed E-state index contributed by atoms with van der Waals surface area (Å²) in [6, 6.07) is 0. The van der Waals surface area contributed by atoms with Crippen LogP contribution in [0.15, 0.2) is 12.5 Å². The van der Waals surface area contributed by atoms with Crippen LogP contribution in [0.4, 0.5) is 0 Å². The van der Waals surface area contributed by atoms with Crippen molar-refractivity contribution in [1.82, 2.24) is 4.90 Å². The van der Waals surface area contributed by atoms with Gasteiger partial charge in [-0.1, -0.05) is 0 Å². The first kappa shape index (κ1) is 12.2. The molecule has 0 heterocycles. The predicted molar refractivity (Wildman–Crippen MR) is 51.8 cm³/mol. The van der Waals surface area contributed by atoms with Crippen LogP contribution in [0.3, 0.4) is 0 Å². The summed E-state index contributed by atoms with van der Waals surface area (Å²) in [4.78, 5) is 5.88. The predicted octanol–water partition coefficient (Wildman–Crippen LogP) is -0.0532. The maximum atomic E-state index is 8.40. The van der Waals surface area contributed by atoms with Crippen LogP contribution >= 0.6 is 0 Å². The van der Waals surface area contributed by atoms with Gasteiger partial charge < -0.3 is 21.3 Å². The Labute approximate surface area is 78.9 Å². The molecule has 0 atom stereocenters. The van der Waals surface area contributed by atoms with Crippen molar-refractivity contribution >= 4 is 0 Å². The largest absolute Gasteiger partial charge is 0.341 e. The molecular formula is C8H19N3O2. The molecule has 0 aliphatic heterocycles. The zero-order valence-electron chi connectivity index (χ0n) is 7.91. The quantitative estimate of drug-likeness (QED) is 0.283. The standard InChI is InChI=1S/C8H19N3O2/c1-8(13-12)11(6-2-4-9)7-3-5-10/h12H,1-7,9-10H2. The normalized spacial score (nSPS) is 9.77. The van der Waals surface area contributed by atoms with Gasteiger partial charge >= 0.3 is 0 Å². The van der Waals surface area contributed by atoms with Crippen LogP contribution < -0.4 is 11.5 Å². The Kier molecular flexibility index (Phi) is 7.38. The molecule has 5 N–H and O–H groups in total. The molecule has 0 aliphatic carbocycles. The summed E-state index contributed by atoms with van der Waals surface area (Å²) in [5.74, 6) is 0.252. The van der Waals surface area contributed by atoms with Crippen molar-refractivity contribution in [2.75, 3.05) is 26.2 Å². The highest BCUT2D eigenvalue weighted by atomic mass is 17.1. The summed E-state index contributed by atoms with van der Waals surface area (Å²) in [6.45, 7) is 6.23.